The molecular formula is C17H11Cl3N6O. The van der Waals surface area contributed by atoms with Crippen molar-refractivity contribution in [3.8, 4) is 0 Å². The molecule has 136 valence electrons. The van der Waals surface area contributed by atoms with Crippen LogP contribution < -0.4 is 5.32 Å². The summed E-state index contributed by atoms with van der Waals surface area (Å²) in [6.07, 6.45) is 4.91. The van der Waals surface area contributed by atoms with Crippen molar-refractivity contribution in [3.05, 3.63) is 75.2 Å². The fourth-order valence-electron chi connectivity index (χ4n) is 2.52. The highest BCUT2D eigenvalue weighted by molar-refractivity contribution is 6.36. The highest BCUT2D eigenvalue weighted by Crippen LogP contribution is 2.27. The number of nitrogens with zero attached hydrogens (tertiary/aromatic N) is 5. The zero-order valence-electron chi connectivity index (χ0n) is 13.6. The Balaban J connectivity index is 1.55. The average Bonchev–Trinajstić information content (AvgIpc) is 3.22. The molecule has 10 heteroatoms. The van der Waals surface area contributed by atoms with E-state index in [0.29, 0.717) is 27.8 Å². The van der Waals surface area contributed by atoms with Crippen LogP contribution in [0.5, 0.6) is 0 Å². The highest BCUT2D eigenvalue weighted by Gasteiger charge is 2.16. The molecule has 7 nitrogen and oxygen atoms in total. The maximum Gasteiger partial charge on any atom is 0.277 e. The minimum absolute atomic E-state index is 0.202. The number of anilines is 1. The molecule has 0 saturated heterocycles. The smallest absolute Gasteiger partial charge is 0.277 e. The van der Waals surface area contributed by atoms with E-state index >= 15 is 0 Å². The zero-order valence-corrected chi connectivity index (χ0v) is 15.9. The number of amides is 1. The Morgan fingerprint density at radius 2 is 1.85 bits per heavy atom. The summed E-state index contributed by atoms with van der Waals surface area (Å²) in [5.41, 5.74) is 1.48. The molecule has 1 N–H and O–H groups in total. The van der Waals surface area contributed by atoms with Crippen LogP contribution in [0, 0.1) is 0 Å². The lowest BCUT2D eigenvalue weighted by Gasteiger charge is -2.06. The molecule has 0 atom stereocenters. The summed E-state index contributed by atoms with van der Waals surface area (Å²) in [5.74, 6) is -0.224. The summed E-state index contributed by atoms with van der Waals surface area (Å²) in [6, 6.07) is 8.55. The van der Waals surface area contributed by atoms with Crippen LogP contribution in [0.3, 0.4) is 0 Å². The number of halogens is 3. The molecular weight excluding hydrogens is 411 g/mol. The van der Waals surface area contributed by atoms with Gasteiger partial charge in [-0.15, -0.1) is 0 Å². The summed E-state index contributed by atoms with van der Waals surface area (Å²) >= 11 is 18.6. The van der Waals surface area contributed by atoms with Gasteiger partial charge in [-0.25, -0.2) is 9.50 Å². The first-order chi connectivity index (χ1) is 13.0. The molecule has 4 aromatic rings. The van der Waals surface area contributed by atoms with Gasteiger partial charge in [-0.05, 0) is 18.2 Å². The number of benzene rings is 1. The van der Waals surface area contributed by atoms with Crippen LogP contribution in [-0.2, 0) is 6.54 Å². The highest BCUT2D eigenvalue weighted by atomic mass is 35.5. The Labute approximate surface area is 168 Å². The number of hydrogen-bond donors (Lipinski definition) is 1. The first-order valence-electron chi connectivity index (χ1n) is 7.79. The third-order valence-corrected chi connectivity index (χ3v) is 4.78. The molecule has 0 spiro atoms. The summed E-state index contributed by atoms with van der Waals surface area (Å²) in [4.78, 5) is 16.6. The normalized spacial score (nSPS) is 11.1. The number of carbonyl (C=O) groups is 1. The SMILES string of the molecule is O=C(Nc1nn(Cc2c(Cl)cccc2Cl)cc1Cl)c1cc2ncccn2n1. The van der Waals surface area contributed by atoms with Crippen LogP contribution in [-0.4, -0.2) is 30.3 Å². The van der Waals surface area contributed by atoms with Crippen molar-refractivity contribution < 1.29 is 4.79 Å². The number of fused-ring (bicyclic) bond motifs is 1. The van der Waals surface area contributed by atoms with Gasteiger partial charge in [-0.1, -0.05) is 40.9 Å². The van der Waals surface area contributed by atoms with Crippen molar-refractivity contribution in [1.29, 1.82) is 0 Å². The van der Waals surface area contributed by atoms with E-state index in [1.807, 2.05) is 0 Å². The zero-order chi connectivity index (χ0) is 19.0. The second-order valence-electron chi connectivity index (χ2n) is 5.63. The predicted molar refractivity (Wildman–Crippen MR) is 104 cm³/mol. The van der Waals surface area contributed by atoms with Gasteiger partial charge in [0.1, 0.15) is 5.02 Å². The van der Waals surface area contributed by atoms with Crippen molar-refractivity contribution in [2.24, 2.45) is 0 Å². The van der Waals surface area contributed by atoms with Crippen molar-refractivity contribution in [2.45, 2.75) is 6.54 Å². The minimum atomic E-state index is -0.441. The number of aromatic nitrogens is 5. The molecule has 1 amide bonds. The Bertz CT molecular complexity index is 1100. The second kappa shape index (κ2) is 7.19. The van der Waals surface area contributed by atoms with E-state index < -0.39 is 5.91 Å². The Kier molecular flexibility index (Phi) is 4.73. The van der Waals surface area contributed by atoms with E-state index in [-0.39, 0.29) is 16.5 Å². The Morgan fingerprint density at radius 3 is 2.59 bits per heavy atom. The number of nitrogens with one attached hydrogen (secondary N) is 1. The van der Waals surface area contributed by atoms with Crippen LogP contribution in [0.1, 0.15) is 16.1 Å². The summed E-state index contributed by atoms with van der Waals surface area (Å²) < 4.78 is 3.06. The fraction of sp³-hybridized carbons (Fsp3) is 0.0588. The number of carbonyl (C=O) groups excluding carboxylic acids is 1. The third kappa shape index (κ3) is 3.62. The van der Waals surface area contributed by atoms with E-state index in [2.05, 4.69) is 20.5 Å². The molecule has 0 aliphatic rings. The molecule has 0 saturated carbocycles. The van der Waals surface area contributed by atoms with Gasteiger partial charge in [-0.2, -0.15) is 10.2 Å². The maximum atomic E-state index is 12.4. The van der Waals surface area contributed by atoms with E-state index in [4.69, 9.17) is 34.8 Å². The van der Waals surface area contributed by atoms with Crippen LogP contribution in [0.2, 0.25) is 15.1 Å². The van der Waals surface area contributed by atoms with Crippen molar-refractivity contribution in [3.63, 3.8) is 0 Å². The predicted octanol–water partition coefficient (Wildman–Crippen LogP) is 4.19. The van der Waals surface area contributed by atoms with Crippen LogP contribution in [0.15, 0.2) is 48.9 Å². The van der Waals surface area contributed by atoms with Gasteiger partial charge in [0, 0.05) is 40.3 Å². The van der Waals surface area contributed by atoms with E-state index in [1.54, 1.807) is 53.6 Å². The van der Waals surface area contributed by atoms with Gasteiger partial charge in [0.25, 0.3) is 5.91 Å². The molecule has 0 aliphatic heterocycles. The fourth-order valence-corrected chi connectivity index (χ4v) is 3.24. The summed E-state index contributed by atoms with van der Waals surface area (Å²) in [5, 5.41) is 12.4. The summed E-state index contributed by atoms with van der Waals surface area (Å²) in [7, 11) is 0. The number of rotatable bonds is 4. The molecule has 3 heterocycles. The average molecular weight is 422 g/mol. The lowest BCUT2D eigenvalue weighted by atomic mass is 10.2. The lowest BCUT2D eigenvalue weighted by Crippen LogP contribution is -2.14. The molecule has 1 aromatic carbocycles. The quantitative estimate of drug-likeness (QED) is 0.536. The largest absolute Gasteiger partial charge is 0.302 e. The van der Waals surface area contributed by atoms with Gasteiger partial charge >= 0.3 is 0 Å². The molecule has 4 rings (SSSR count). The molecule has 27 heavy (non-hydrogen) atoms. The molecule has 0 aliphatic carbocycles. The molecule has 0 fully saturated rings. The lowest BCUT2D eigenvalue weighted by molar-refractivity contribution is 0.102. The first-order valence-corrected chi connectivity index (χ1v) is 8.92. The van der Waals surface area contributed by atoms with Crippen LogP contribution in [0.4, 0.5) is 5.82 Å². The molecule has 0 bridgehead atoms. The van der Waals surface area contributed by atoms with Gasteiger partial charge < -0.3 is 5.32 Å². The topological polar surface area (TPSA) is 77.1 Å². The molecule has 0 radical (unpaired) electrons. The molecule has 3 aromatic heterocycles. The van der Waals surface area contributed by atoms with Crippen molar-refractivity contribution >= 4 is 52.2 Å². The third-order valence-electron chi connectivity index (χ3n) is 3.80. The minimum Gasteiger partial charge on any atom is -0.302 e. The standard InChI is InChI=1S/C17H11Cl3N6O/c18-11-3-1-4-12(19)10(11)8-25-9-13(20)16(24-25)22-17(27)14-7-15-21-5-2-6-26(15)23-14/h1-7,9H,8H2,(H,22,24,27). The maximum absolute atomic E-state index is 12.4. The Hall–Kier alpha value is -2.61. The van der Waals surface area contributed by atoms with Crippen LogP contribution in [0.25, 0.3) is 5.65 Å². The van der Waals surface area contributed by atoms with Crippen molar-refractivity contribution in [1.82, 2.24) is 24.4 Å². The Morgan fingerprint density at radius 1 is 1.07 bits per heavy atom. The number of hydrogen-bond acceptors (Lipinski definition) is 4. The van der Waals surface area contributed by atoms with Crippen LogP contribution >= 0.6 is 34.8 Å². The van der Waals surface area contributed by atoms with E-state index in [9.17, 15) is 4.79 Å². The van der Waals surface area contributed by atoms with E-state index in [0.717, 1.165) is 0 Å². The van der Waals surface area contributed by atoms with Crippen molar-refractivity contribution in [2.75, 3.05) is 5.32 Å². The van der Waals surface area contributed by atoms with Gasteiger partial charge in [0.05, 0.1) is 6.54 Å². The van der Waals surface area contributed by atoms with E-state index in [1.165, 1.54) is 4.52 Å². The second-order valence-corrected chi connectivity index (χ2v) is 6.85. The van der Waals surface area contributed by atoms with Gasteiger partial charge in [0.15, 0.2) is 17.2 Å². The van der Waals surface area contributed by atoms with Gasteiger partial charge in [0.2, 0.25) is 0 Å². The summed E-state index contributed by atoms with van der Waals surface area (Å²) in [6.45, 7) is 0.312. The van der Waals surface area contributed by atoms with Gasteiger partial charge in [-0.3, -0.25) is 9.48 Å². The first kappa shape index (κ1) is 17.8. The monoisotopic (exact) mass is 420 g/mol. The molecule has 0 unspecified atom stereocenters.